The Balaban J connectivity index is 2.64. The van der Waals surface area contributed by atoms with Crippen LogP contribution in [0.3, 0.4) is 0 Å². The summed E-state index contributed by atoms with van der Waals surface area (Å²) in [5.74, 6) is 0.730. The molecule has 0 aromatic heterocycles. The highest BCUT2D eigenvalue weighted by atomic mass is 16.3. The van der Waals surface area contributed by atoms with Crippen molar-refractivity contribution in [1.29, 1.82) is 0 Å². The number of hydrogen-bond donors (Lipinski definition) is 2. The van der Waals surface area contributed by atoms with Crippen LogP contribution in [0.4, 0.5) is 0 Å². The van der Waals surface area contributed by atoms with Crippen molar-refractivity contribution in [3.05, 3.63) is 0 Å². The molecule has 0 aromatic rings. The van der Waals surface area contributed by atoms with Crippen LogP contribution in [0.5, 0.6) is 0 Å². The van der Waals surface area contributed by atoms with Crippen molar-refractivity contribution in [2.75, 3.05) is 6.54 Å². The van der Waals surface area contributed by atoms with E-state index in [1.54, 1.807) is 0 Å². The molecule has 1 fully saturated rings. The van der Waals surface area contributed by atoms with Crippen LogP contribution in [0, 0.1) is 11.8 Å². The summed E-state index contributed by atoms with van der Waals surface area (Å²) in [5, 5.41) is 10.3. The van der Waals surface area contributed by atoms with Crippen molar-refractivity contribution in [1.82, 2.24) is 0 Å². The van der Waals surface area contributed by atoms with Crippen molar-refractivity contribution in [2.45, 2.75) is 45.1 Å². The number of aliphatic hydroxyl groups is 1. The summed E-state index contributed by atoms with van der Waals surface area (Å²) in [6.45, 7) is 4.53. The molecule has 72 valence electrons. The standard InChI is InChI=1S/C10H21NO/c1-8(2)10(12,7-11)9-5-3-4-6-9/h8-9,12H,3-7,11H2,1-2H3. The Hall–Kier alpha value is -0.0800. The maximum atomic E-state index is 10.3. The zero-order chi connectivity index (χ0) is 9.19. The molecule has 12 heavy (non-hydrogen) atoms. The van der Waals surface area contributed by atoms with Gasteiger partial charge in [0.2, 0.25) is 0 Å². The second kappa shape index (κ2) is 3.75. The van der Waals surface area contributed by atoms with Gasteiger partial charge in [-0.2, -0.15) is 0 Å². The fraction of sp³-hybridized carbons (Fsp3) is 1.00. The average molecular weight is 171 g/mol. The molecule has 0 aliphatic heterocycles. The molecular weight excluding hydrogens is 150 g/mol. The second-order valence-electron chi connectivity index (χ2n) is 4.33. The zero-order valence-corrected chi connectivity index (χ0v) is 8.21. The Morgan fingerprint density at radius 2 is 1.92 bits per heavy atom. The summed E-state index contributed by atoms with van der Waals surface area (Å²) < 4.78 is 0. The number of hydrogen-bond acceptors (Lipinski definition) is 2. The molecule has 1 unspecified atom stereocenters. The third kappa shape index (κ3) is 1.64. The van der Waals surface area contributed by atoms with E-state index in [4.69, 9.17) is 5.73 Å². The van der Waals surface area contributed by atoms with Crippen LogP contribution < -0.4 is 5.73 Å². The second-order valence-corrected chi connectivity index (χ2v) is 4.33. The Morgan fingerprint density at radius 1 is 1.42 bits per heavy atom. The molecule has 0 saturated heterocycles. The van der Waals surface area contributed by atoms with E-state index < -0.39 is 5.60 Å². The van der Waals surface area contributed by atoms with E-state index in [-0.39, 0.29) is 5.92 Å². The highest BCUT2D eigenvalue weighted by Crippen LogP contribution is 2.37. The van der Waals surface area contributed by atoms with Gasteiger partial charge in [-0.3, -0.25) is 0 Å². The van der Waals surface area contributed by atoms with Gasteiger partial charge in [0.15, 0.2) is 0 Å². The van der Waals surface area contributed by atoms with E-state index in [0.29, 0.717) is 12.5 Å². The SMILES string of the molecule is CC(C)C(O)(CN)C1CCCC1. The summed E-state index contributed by atoms with van der Waals surface area (Å²) in [7, 11) is 0. The van der Waals surface area contributed by atoms with Gasteiger partial charge >= 0.3 is 0 Å². The monoisotopic (exact) mass is 171 g/mol. The van der Waals surface area contributed by atoms with Gasteiger partial charge in [-0.15, -0.1) is 0 Å². The number of nitrogens with two attached hydrogens (primary N) is 1. The highest BCUT2D eigenvalue weighted by molar-refractivity contribution is 4.92. The maximum absolute atomic E-state index is 10.3. The van der Waals surface area contributed by atoms with Crippen molar-refractivity contribution in [3.8, 4) is 0 Å². The summed E-state index contributed by atoms with van der Waals surface area (Å²) in [6.07, 6.45) is 4.84. The molecule has 2 heteroatoms. The van der Waals surface area contributed by atoms with Gasteiger partial charge in [0.1, 0.15) is 0 Å². The molecule has 0 heterocycles. The van der Waals surface area contributed by atoms with E-state index >= 15 is 0 Å². The lowest BCUT2D eigenvalue weighted by Crippen LogP contribution is -2.48. The summed E-state index contributed by atoms with van der Waals surface area (Å²) in [6, 6.07) is 0. The molecule has 2 nitrogen and oxygen atoms in total. The molecule has 1 rings (SSSR count). The van der Waals surface area contributed by atoms with Gasteiger partial charge in [-0.1, -0.05) is 26.7 Å². The molecule has 1 atom stereocenters. The fourth-order valence-corrected chi connectivity index (χ4v) is 2.30. The van der Waals surface area contributed by atoms with E-state index in [9.17, 15) is 5.11 Å². The molecule has 0 spiro atoms. The lowest BCUT2D eigenvalue weighted by atomic mass is 9.77. The minimum Gasteiger partial charge on any atom is -0.388 e. The molecule has 0 radical (unpaired) electrons. The van der Waals surface area contributed by atoms with Crippen molar-refractivity contribution < 1.29 is 5.11 Å². The predicted octanol–water partition coefficient (Wildman–Crippen LogP) is 1.52. The summed E-state index contributed by atoms with van der Waals surface area (Å²) in [4.78, 5) is 0. The smallest absolute Gasteiger partial charge is 0.0820 e. The first-order valence-corrected chi connectivity index (χ1v) is 5.03. The summed E-state index contributed by atoms with van der Waals surface area (Å²) >= 11 is 0. The van der Waals surface area contributed by atoms with Crippen LogP contribution in [-0.2, 0) is 0 Å². The van der Waals surface area contributed by atoms with Gasteiger partial charge in [0, 0.05) is 6.54 Å². The Labute approximate surface area is 75.2 Å². The Kier molecular flexibility index (Phi) is 3.13. The first-order chi connectivity index (χ1) is 5.61. The zero-order valence-electron chi connectivity index (χ0n) is 8.21. The van der Waals surface area contributed by atoms with Gasteiger partial charge < -0.3 is 10.8 Å². The van der Waals surface area contributed by atoms with Gasteiger partial charge in [-0.25, -0.2) is 0 Å². The lowest BCUT2D eigenvalue weighted by molar-refractivity contribution is -0.0482. The molecule has 1 aliphatic rings. The van der Waals surface area contributed by atoms with Gasteiger partial charge in [-0.05, 0) is 24.7 Å². The third-order valence-corrected chi connectivity index (χ3v) is 3.39. The van der Waals surface area contributed by atoms with Gasteiger partial charge in [0.05, 0.1) is 5.60 Å². The Morgan fingerprint density at radius 3 is 2.25 bits per heavy atom. The molecule has 0 amide bonds. The third-order valence-electron chi connectivity index (χ3n) is 3.39. The van der Waals surface area contributed by atoms with Crippen LogP contribution in [0.2, 0.25) is 0 Å². The van der Waals surface area contributed by atoms with Crippen LogP contribution in [0.15, 0.2) is 0 Å². The van der Waals surface area contributed by atoms with E-state index in [2.05, 4.69) is 13.8 Å². The van der Waals surface area contributed by atoms with E-state index in [0.717, 1.165) is 12.8 Å². The molecule has 3 N–H and O–H groups in total. The quantitative estimate of drug-likeness (QED) is 0.676. The Bertz CT molecular complexity index is 141. The molecule has 0 bridgehead atoms. The molecule has 1 saturated carbocycles. The fourth-order valence-electron chi connectivity index (χ4n) is 2.30. The highest BCUT2D eigenvalue weighted by Gasteiger charge is 2.39. The first kappa shape index (κ1) is 10.0. The average Bonchev–Trinajstić information content (AvgIpc) is 2.54. The molecule has 0 aromatic carbocycles. The van der Waals surface area contributed by atoms with Crippen molar-refractivity contribution in [2.24, 2.45) is 17.6 Å². The van der Waals surface area contributed by atoms with Crippen LogP contribution in [0.1, 0.15) is 39.5 Å². The van der Waals surface area contributed by atoms with Gasteiger partial charge in [0.25, 0.3) is 0 Å². The van der Waals surface area contributed by atoms with E-state index in [1.165, 1.54) is 12.8 Å². The normalized spacial score (nSPS) is 24.8. The predicted molar refractivity (Wildman–Crippen MR) is 50.8 cm³/mol. The van der Waals surface area contributed by atoms with Crippen molar-refractivity contribution >= 4 is 0 Å². The minimum atomic E-state index is -0.601. The molecular formula is C10H21NO. The maximum Gasteiger partial charge on any atom is 0.0820 e. The lowest BCUT2D eigenvalue weighted by Gasteiger charge is -2.36. The summed E-state index contributed by atoms with van der Waals surface area (Å²) in [5.41, 5.74) is 5.04. The molecule has 1 aliphatic carbocycles. The van der Waals surface area contributed by atoms with E-state index in [1.807, 2.05) is 0 Å². The topological polar surface area (TPSA) is 46.2 Å². The van der Waals surface area contributed by atoms with Crippen molar-refractivity contribution in [3.63, 3.8) is 0 Å². The number of rotatable bonds is 3. The van der Waals surface area contributed by atoms with Crippen LogP contribution >= 0.6 is 0 Å². The van der Waals surface area contributed by atoms with Crippen LogP contribution in [0.25, 0.3) is 0 Å². The largest absolute Gasteiger partial charge is 0.388 e. The first-order valence-electron chi connectivity index (χ1n) is 5.03. The minimum absolute atomic E-state index is 0.283. The van der Waals surface area contributed by atoms with Crippen LogP contribution in [-0.4, -0.2) is 17.3 Å².